The molecule has 1 N–H and O–H groups in total. The Kier molecular flexibility index (Phi) is 5.01. The monoisotopic (exact) mass is 276 g/mol. The van der Waals surface area contributed by atoms with Gasteiger partial charge in [-0.1, -0.05) is 6.07 Å². The zero-order chi connectivity index (χ0) is 14.5. The lowest BCUT2D eigenvalue weighted by Crippen LogP contribution is -2.42. The smallest absolute Gasteiger partial charge is 0.253 e. The fourth-order valence-corrected chi connectivity index (χ4v) is 2.88. The van der Waals surface area contributed by atoms with Gasteiger partial charge >= 0.3 is 0 Å². The Labute approximate surface area is 121 Å². The minimum atomic E-state index is 0.0804. The standard InChI is InChI=1S/C16H24N2O2/c1-17-13-7-9-14(10-8-13)18(2)16(19)12-5-4-6-15(11-12)20-3/h4-6,11,13-14,17H,7-10H2,1-3H3. The van der Waals surface area contributed by atoms with E-state index in [-0.39, 0.29) is 5.91 Å². The number of nitrogens with one attached hydrogen (secondary N) is 1. The van der Waals surface area contributed by atoms with Crippen LogP contribution in [0.3, 0.4) is 0 Å². The topological polar surface area (TPSA) is 41.6 Å². The van der Waals surface area contributed by atoms with Gasteiger partial charge in [0.25, 0.3) is 5.91 Å². The number of methoxy groups -OCH3 is 1. The molecule has 0 heterocycles. The highest BCUT2D eigenvalue weighted by Gasteiger charge is 2.26. The summed E-state index contributed by atoms with van der Waals surface area (Å²) in [5, 5.41) is 3.32. The van der Waals surface area contributed by atoms with Crippen LogP contribution in [-0.2, 0) is 0 Å². The van der Waals surface area contributed by atoms with Crippen LogP contribution in [-0.4, -0.2) is 44.1 Å². The molecule has 0 spiro atoms. The third-order valence-corrected chi connectivity index (χ3v) is 4.29. The van der Waals surface area contributed by atoms with Gasteiger partial charge in [-0.25, -0.2) is 0 Å². The minimum Gasteiger partial charge on any atom is -0.497 e. The first-order valence-corrected chi connectivity index (χ1v) is 7.24. The predicted molar refractivity (Wildman–Crippen MR) is 80.2 cm³/mol. The fourth-order valence-electron chi connectivity index (χ4n) is 2.88. The van der Waals surface area contributed by atoms with Crippen molar-refractivity contribution < 1.29 is 9.53 Å². The summed E-state index contributed by atoms with van der Waals surface area (Å²) >= 11 is 0. The number of carbonyl (C=O) groups excluding carboxylic acids is 1. The molecular formula is C16H24N2O2. The minimum absolute atomic E-state index is 0.0804. The number of hydrogen-bond donors (Lipinski definition) is 1. The summed E-state index contributed by atoms with van der Waals surface area (Å²) in [5.41, 5.74) is 0.697. The number of carbonyl (C=O) groups is 1. The van der Waals surface area contributed by atoms with Crippen molar-refractivity contribution in [2.75, 3.05) is 21.2 Å². The zero-order valence-electron chi connectivity index (χ0n) is 12.6. The molecule has 1 aromatic carbocycles. The second-order valence-electron chi connectivity index (χ2n) is 5.44. The summed E-state index contributed by atoms with van der Waals surface area (Å²) in [7, 11) is 5.54. The number of rotatable bonds is 4. The molecule has 0 aromatic heterocycles. The molecular weight excluding hydrogens is 252 g/mol. The zero-order valence-corrected chi connectivity index (χ0v) is 12.6. The van der Waals surface area contributed by atoms with Crippen LogP contribution in [0.1, 0.15) is 36.0 Å². The van der Waals surface area contributed by atoms with Gasteiger partial charge in [-0.2, -0.15) is 0 Å². The SMILES string of the molecule is CNC1CCC(N(C)C(=O)c2cccc(OC)c2)CC1. The molecule has 1 aliphatic carbocycles. The van der Waals surface area contributed by atoms with Gasteiger partial charge in [0.1, 0.15) is 5.75 Å². The number of amides is 1. The third kappa shape index (κ3) is 3.31. The van der Waals surface area contributed by atoms with Gasteiger partial charge in [0.05, 0.1) is 7.11 Å². The molecule has 0 unspecified atom stereocenters. The Morgan fingerprint density at radius 1 is 1.30 bits per heavy atom. The molecule has 0 bridgehead atoms. The van der Waals surface area contributed by atoms with Gasteiger partial charge in [-0.3, -0.25) is 4.79 Å². The van der Waals surface area contributed by atoms with Crippen LogP contribution in [0.4, 0.5) is 0 Å². The molecule has 110 valence electrons. The van der Waals surface area contributed by atoms with Crippen LogP contribution < -0.4 is 10.1 Å². The Hall–Kier alpha value is -1.55. The molecule has 0 saturated heterocycles. The van der Waals surface area contributed by atoms with Crippen LogP contribution in [0.25, 0.3) is 0 Å². The van der Waals surface area contributed by atoms with Crippen molar-refractivity contribution in [1.29, 1.82) is 0 Å². The van der Waals surface area contributed by atoms with E-state index >= 15 is 0 Å². The van der Waals surface area contributed by atoms with Crippen LogP contribution >= 0.6 is 0 Å². The van der Waals surface area contributed by atoms with E-state index in [2.05, 4.69) is 5.32 Å². The van der Waals surface area contributed by atoms with Crippen LogP contribution in [0.5, 0.6) is 5.75 Å². The van der Waals surface area contributed by atoms with Crippen molar-refractivity contribution in [3.05, 3.63) is 29.8 Å². The number of benzene rings is 1. The molecule has 2 rings (SSSR count). The first-order valence-electron chi connectivity index (χ1n) is 7.24. The quantitative estimate of drug-likeness (QED) is 0.917. The maximum absolute atomic E-state index is 12.5. The second kappa shape index (κ2) is 6.75. The fraction of sp³-hybridized carbons (Fsp3) is 0.562. The molecule has 0 atom stereocenters. The molecule has 4 nitrogen and oxygen atoms in total. The van der Waals surface area contributed by atoms with Gasteiger partial charge in [-0.05, 0) is 50.9 Å². The number of hydrogen-bond acceptors (Lipinski definition) is 3. The summed E-state index contributed by atoms with van der Waals surface area (Å²) in [5.74, 6) is 0.806. The summed E-state index contributed by atoms with van der Waals surface area (Å²) in [6.45, 7) is 0. The van der Waals surface area contributed by atoms with Crippen LogP contribution in [0, 0.1) is 0 Å². The van der Waals surface area contributed by atoms with E-state index in [1.165, 1.54) is 0 Å². The van der Waals surface area contributed by atoms with Crippen molar-refractivity contribution >= 4 is 5.91 Å². The number of nitrogens with zero attached hydrogens (tertiary/aromatic N) is 1. The van der Waals surface area contributed by atoms with E-state index in [9.17, 15) is 4.79 Å². The lowest BCUT2D eigenvalue weighted by molar-refractivity contribution is 0.0685. The number of ether oxygens (including phenoxy) is 1. The van der Waals surface area contributed by atoms with Crippen molar-refractivity contribution in [1.82, 2.24) is 10.2 Å². The van der Waals surface area contributed by atoms with Gasteiger partial charge in [-0.15, -0.1) is 0 Å². The molecule has 1 fully saturated rings. The first-order chi connectivity index (χ1) is 9.65. The Morgan fingerprint density at radius 3 is 2.60 bits per heavy atom. The van der Waals surface area contributed by atoms with Crippen molar-refractivity contribution in [3.8, 4) is 5.75 Å². The Balaban J connectivity index is 2.01. The summed E-state index contributed by atoms with van der Waals surface area (Å²) in [4.78, 5) is 14.4. The van der Waals surface area contributed by atoms with Crippen molar-refractivity contribution in [3.63, 3.8) is 0 Å². The average molecular weight is 276 g/mol. The third-order valence-electron chi connectivity index (χ3n) is 4.29. The van der Waals surface area contributed by atoms with E-state index < -0.39 is 0 Å². The summed E-state index contributed by atoms with van der Waals surface area (Å²) in [6, 6.07) is 8.32. The molecule has 20 heavy (non-hydrogen) atoms. The van der Waals surface area contributed by atoms with Gasteiger partial charge < -0.3 is 15.0 Å². The molecule has 1 aromatic rings. The molecule has 1 amide bonds. The highest BCUT2D eigenvalue weighted by Crippen LogP contribution is 2.24. The van der Waals surface area contributed by atoms with Crippen molar-refractivity contribution in [2.45, 2.75) is 37.8 Å². The highest BCUT2D eigenvalue weighted by molar-refractivity contribution is 5.94. The Morgan fingerprint density at radius 2 is 2.00 bits per heavy atom. The van der Waals surface area contributed by atoms with Crippen LogP contribution in [0.15, 0.2) is 24.3 Å². The molecule has 0 aliphatic heterocycles. The van der Waals surface area contributed by atoms with E-state index in [0.29, 0.717) is 17.6 Å². The molecule has 0 radical (unpaired) electrons. The van der Waals surface area contributed by atoms with Gasteiger partial charge in [0.15, 0.2) is 0 Å². The second-order valence-corrected chi connectivity index (χ2v) is 5.44. The van der Waals surface area contributed by atoms with E-state index in [1.54, 1.807) is 13.2 Å². The van der Waals surface area contributed by atoms with E-state index in [1.807, 2.05) is 37.2 Å². The lowest BCUT2D eigenvalue weighted by atomic mass is 9.90. The maximum Gasteiger partial charge on any atom is 0.253 e. The maximum atomic E-state index is 12.5. The Bertz CT molecular complexity index is 454. The average Bonchev–Trinajstić information content (AvgIpc) is 2.53. The van der Waals surface area contributed by atoms with E-state index in [4.69, 9.17) is 4.74 Å². The largest absolute Gasteiger partial charge is 0.497 e. The lowest BCUT2D eigenvalue weighted by Gasteiger charge is -2.34. The molecule has 4 heteroatoms. The molecule has 1 aliphatic rings. The van der Waals surface area contributed by atoms with Gasteiger partial charge in [0.2, 0.25) is 0 Å². The first kappa shape index (κ1) is 14.9. The van der Waals surface area contributed by atoms with Crippen LogP contribution in [0.2, 0.25) is 0 Å². The predicted octanol–water partition coefficient (Wildman–Crippen LogP) is 2.30. The van der Waals surface area contributed by atoms with E-state index in [0.717, 1.165) is 31.4 Å². The van der Waals surface area contributed by atoms with Gasteiger partial charge in [0, 0.05) is 24.7 Å². The summed E-state index contributed by atoms with van der Waals surface area (Å²) < 4.78 is 5.18. The normalized spacial score (nSPS) is 22.4. The molecule has 1 saturated carbocycles. The summed E-state index contributed by atoms with van der Waals surface area (Å²) in [6.07, 6.45) is 4.41. The highest BCUT2D eigenvalue weighted by atomic mass is 16.5. The van der Waals surface area contributed by atoms with Crippen molar-refractivity contribution in [2.24, 2.45) is 0 Å².